The number of amides is 1. The highest BCUT2D eigenvalue weighted by molar-refractivity contribution is 9.10. The van der Waals surface area contributed by atoms with Gasteiger partial charge in [-0.05, 0) is 30.3 Å². The molecule has 26 heavy (non-hydrogen) atoms. The van der Waals surface area contributed by atoms with Crippen LogP contribution in [0.3, 0.4) is 0 Å². The van der Waals surface area contributed by atoms with Gasteiger partial charge in [-0.3, -0.25) is 4.79 Å². The Labute approximate surface area is 159 Å². The molecule has 3 rings (SSSR count). The number of halogens is 2. The van der Waals surface area contributed by atoms with Crippen LogP contribution < -0.4 is 10.1 Å². The van der Waals surface area contributed by atoms with Crippen molar-refractivity contribution in [3.05, 3.63) is 82.6 Å². The average Bonchev–Trinajstić information content (AvgIpc) is 3.06. The summed E-state index contributed by atoms with van der Waals surface area (Å²) in [5.41, 5.74) is 0.346. The molecule has 1 atom stereocenters. The monoisotopic (exact) mass is 417 g/mol. The Bertz CT molecular complexity index is 896. The molecule has 134 valence electrons. The molecule has 2 aromatic carbocycles. The van der Waals surface area contributed by atoms with Gasteiger partial charge in [0.05, 0.1) is 0 Å². The van der Waals surface area contributed by atoms with E-state index in [0.29, 0.717) is 17.1 Å². The molecule has 1 amide bonds. The summed E-state index contributed by atoms with van der Waals surface area (Å²) in [5, 5.41) is 2.80. The van der Waals surface area contributed by atoms with Crippen LogP contribution in [0.4, 0.5) is 4.39 Å². The highest BCUT2D eigenvalue weighted by Gasteiger charge is 2.23. The zero-order chi connectivity index (χ0) is 18.5. The van der Waals surface area contributed by atoms with Gasteiger partial charge in [0.1, 0.15) is 23.4 Å². The number of hydrogen-bond donors (Lipinski definition) is 1. The van der Waals surface area contributed by atoms with Crippen LogP contribution in [-0.2, 0) is 11.8 Å². The smallest absolute Gasteiger partial charge is 0.258 e. The van der Waals surface area contributed by atoms with E-state index >= 15 is 0 Å². The Morgan fingerprint density at radius 2 is 2.00 bits per heavy atom. The van der Waals surface area contributed by atoms with Gasteiger partial charge >= 0.3 is 0 Å². The summed E-state index contributed by atoms with van der Waals surface area (Å²) in [6, 6.07) is 12.8. The minimum atomic E-state index is -0.711. The number of aryl methyl sites for hydroxylation is 1. The van der Waals surface area contributed by atoms with E-state index in [-0.39, 0.29) is 12.5 Å². The van der Waals surface area contributed by atoms with Crippen molar-refractivity contribution in [2.45, 2.75) is 6.04 Å². The third-order valence-electron chi connectivity index (χ3n) is 3.82. The van der Waals surface area contributed by atoms with E-state index in [9.17, 15) is 9.18 Å². The van der Waals surface area contributed by atoms with Crippen LogP contribution in [0.15, 0.2) is 65.4 Å². The summed E-state index contributed by atoms with van der Waals surface area (Å²) < 4.78 is 22.4. The summed E-state index contributed by atoms with van der Waals surface area (Å²) in [4.78, 5) is 16.6. The molecule has 0 aliphatic rings. The first-order chi connectivity index (χ1) is 12.5. The fraction of sp³-hybridized carbons (Fsp3) is 0.158. The molecule has 0 radical (unpaired) electrons. The number of aromatic nitrogens is 2. The van der Waals surface area contributed by atoms with Gasteiger partial charge in [0.25, 0.3) is 5.91 Å². The van der Waals surface area contributed by atoms with Crippen LogP contribution in [0.5, 0.6) is 5.75 Å². The number of hydrogen-bond acceptors (Lipinski definition) is 3. The maximum atomic E-state index is 14.3. The Kier molecular flexibility index (Phi) is 5.68. The van der Waals surface area contributed by atoms with Gasteiger partial charge in [-0.25, -0.2) is 9.37 Å². The summed E-state index contributed by atoms with van der Waals surface area (Å²) in [6.45, 7) is -0.184. The Morgan fingerprint density at radius 1 is 1.27 bits per heavy atom. The molecule has 0 aliphatic heterocycles. The quantitative estimate of drug-likeness (QED) is 0.666. The summed E-state index contributed by atoms with van der Waals surface area (Å²) in [5.74, 6) is 0.327. The van der Waals surface area contributed by atoms with Gasteiger partial charge < -0.3 is 14.6 Å². The second-order valence-corrected chi connectivity index (χ2v) is 6.58. The lowest BCUT2D eigenvalue weighted by molar-refractivity contribution is -0.123. The number of rotatable bonds is 6. The molecular formula is C19H17BrFN3O2. The Balaban J connectivity index is 1.75. The second-order valence-electron chi connectivity index (χ2n) is 5.66. The number of nitrogens with zero attached hydrogens (tertiary/aromatic N) is 2. The van der Waals surface area contributed by atoms with E-state index < -0.39 is 11.9 Å². The molecule has 0 bridgehead atoms. The summed E-state index contributed by atoms with van der Waals surface area (Å²) >= 11 is 3.34. The highest BCUT2D eigenvalue weighted by Crippen LogP contribution is 2.23. The van der Waals surface area contributed by atoms with Crippen molar-refractivity contribution in [2.24, 2.45) is 7.05 Å². The third-order valence-corrected chi connectivity index (χ3v) is 4.35. The topological polar surface area (TPSA) is 56.2 Å². The maximum Gasteiger partial charge on any atom is 0.258 e. The van der Waals surface area contributed by atoms with Gasteiger partial charge in [-0.15, -0.1) is 0 Å². The number of benzene rings is 2. The van der Waals surface area contributed by atoms with Gasteiger partial charge in [-0.1, -0.05) is 34.1 Å². The lowest BCUT2D eigenvalue weighted by Crippen LogP contribution is -2.35. The molecule has 0 fully saturated rings. The molecule has 1 N–H and O–H groups in total. The van der Waals surface area contributed by atoms with Gasteiger partial charge in [0, 0.05) is 29.5 Å². The molecule has 5 nitrogen and oxygen atoms in total. The van der Waals surface area contributed by atoms with E-state index in [1.54, 1.807) is 54.3 Å². The zero-order valence-corrected chi connectivity index (χ0v) is 15.6. The number of imidazole rings is 1. The molecule has 1 heterocycles. The molecule has 7 heteroatoms. The SMILES string of the molecule is Cn1ccnc1[C@H](NC(=O)COc1ccc(Br)cc1)c1ccccc1F. The lowest BCUT2D eigenvalue weighted by atomic mass is 10.1. The predicted octanol–water partition coefficient (Wildman–Crippen LogP) is 3.61. The number of nitrogens with one attached hydrogen (secondary N) is 1. The van der Waals surface area contributed by atoms with E-state index in [2.05, 4.69) is 26.2 Å². The molecule has 3 aromatic rings. The van der Waals surface area contributed by atoms with Crippen LogP contribution in [0.1, 0.15) is 17.4 Å². The molecule has 0 spiro atoms. The van der Waals surface area contributed by atoms with Crippen molar-refractivity contribution in [3.8, 4) is 5.75 Å². The molecule has 0 unspecified atom stereocenters. The van der Waals surface area contributed by atoms with Crippen molar-refractivity contribution in [1.82, 2.24) is 14.9 Å². The van der Waals surface area contributed by atoms with Gasteiger partial charge in [0.2, 0.25) is 0 Å². The van der Waals surface area contributed by atoms with Crippen LogP contribution in [0.2, 0.25) is 0 Å². The third kappa shape index (κ3) is 4.29. The molecular weight excluding hydrogens is 401 g/mol. The lowest BCUT2D eigenvalue weighted by Gasteiger charge is -2.20. The number of carbonyl (C=O) groups excluding carboxylic acids is 1. The highest BCUT2D eigenvalue weighted by atomic mass is 79.9. The molecule has 1 aromatic heterocycles. The summed E-state index contributed by atoms with van der Waals surface area (Å²) in [6.07, 6.45) is 3.35. The molecule has 0 aliphatic carbocycles. The van der Waals surface area contributed by atoms with E-state index in [1.165, 1.54) is 6.07 Å². The minimum Gasteiger partial charge on any atom is -0.484 e. The van der Waals surface area contributed by atoms with Gasteiger partial charge in [0.15, 0.2) is 6.61 Å². The normalized spacial score (nSPS) is 11.8. The van der Waals surface area contributed by atoms with Crippen molar-refractivity contribution >= 4 is 21.8 Å². The Morgan fingerprint density at radius 3 is 2.65 bits per heavy atom. The van der Waals surface area contributed by atoms with E-state index in [0.717, 1.165) is 4.47 Å². The Hall–Kier alpha value is -2.67. The first kappa shape index (κ1) is 18.1. The molecule has 0 saturated heterocycles. The van der Waals surface area contributed by atoms with Crippen molar-refractivity contribution < 1.29 is 13.9 Å². The predicted molar refractivity (Wildman–Crippen MR) is 99.2 cm³/mol. The van der Waals surface area contributed by atoms with E-state index in [4.69, 9.17) is 4.74 Å². The zero-order valence-electron chi connectivity index (χ0n) is 14.0. The first-order valence-corrected chi connectivity index (χ1v) is 8.73. The van der Waals surface area contributed by atoms with Crippen LogP contribution in [-0.4, -0.2) is 22.1 Å². The minimum absolute atomic E-state index is 0.184. The van der Waals surface area contributed by atoms with Crippen molar-refractivity contribution in [1.29, 1.82) is 0 Å². The van der Waals surface area contributed by atoms with Gasteiger partial charge in [-0.2, -0.15) is 0 Å². The second kappa shape index (κ2) is 8.14. The summed E-state index contributed by atoms with van der Waals surface area (Å²) in [7, 11) is 1.79. The fourth-order valence-electron chi connectivity index (χ4n) is 2.53. The van der Waals surface area contributed by atoms with Crippen LogP contribution in [0.25, 0.3) is 0 Å². The van der Waals surface area contributed by atoms with Crippen molar-refractivity contribution in [3.63, 3.8) is 0 Å². The van der Waals surface area contributed by atoms with Crippen molar-refractivity contribution in [2.75, 3.05) is 6.61 Å². The first-order valence-electron chi connectivity index (χ1n) is 7.94. The van der Waals surface area contributed by atoms with E-state index in [1.807, 2.05) is 12.1 Å². The average molecular weight is 418 g/mol. The standard InChI is InChI=1S/C19H17BrFN3O2/c1-24-11-10-22-19(24)18(15-4-2-3-5-16(15)21)23-17(25)12-26-14-8-6-13(20)7-9-14/h2-11,18H,12H2,1H3,(H,23,25)/t18-/m1/s1. The largest absolute Gasteiger partial charge is 0.484 e. The van der Waals surface area contributed by atoms with Crippen LogP contribution in [0, 0.1) is 5.82 Å². The molecule has 0 saturated carbocycles. The maximum absolute atomic E-state index is 14.3. The number of ether oxygens (including phenoxy) is 1. The fourth-order valence-corrected chi connectivity index (χ4v) is 2.79. The number of carbonyl (C=O) groups is 1. The van der Waals surface area contributed by atoms with Crippen LogP contribution >= 0.6 is 15.9 Å².